The zero-order valence-corrected chi connectivity index (χ0v) is 15.6. The molecule has 4 N–H and O–H groups in total. The number of nitrogens with one attached hydrogen (secondary N) is 2. The molecule has 1 amide bonds. The Labute approximate surface area is 149 Å². The quantitative estimate of drug-likeness (QED) is 0.674. The predicted octanol–water partition coefficient (Wildman–Crippen LogP) is 4.94. The average molecular weight is 341 g/mol. The minimum atomic E-state index is -0.505. The Morgan fingerprint density at radius 3 is 2.36 bits per heavy atom. The highest BCUT2D eigenvalue weighted by Crippen LogP contribution is 2.29. The van der Waals surface area contributed by atoms with Crippen LogP contribution in [-0.2, 0) is 4.74 Å². The first kappa shape index (κ1) is 18.6. The van der Waals surface area contributed by atoms with E-state index in [2.05, 4.69) is 50.5 Å². The number of ether oxygens (including phenoxy) is 1. The first-order chi connectivity index (χ1) is 11.8. The van der Waals surface area contributed by atoms with E-state index in [1.807, 2.05) is 12.1 Å². The standard InChI is InChI=1S/C20H27N3O2/c1-6-25-20(24)23-18-8-7-16(11-17(18)21)22-15(5)19-13(3)9-12(2)10-14(19)4/h7-11,15,22H,6,21H2,1-5H3,(H,23,24). The maximum Gasteiger partial charge on any atom is 0.411 e. The van der Waals surface area contributed by atoms with Crippen molar-refractivity contribution in [3.63, 3.8) is 0 Å². The molecule has 0 fully saturated rings. The summed E-state index contributed by atoms with van der Waals surface area (Å²) in [6, 6.07) is 10.0. The van der Waals surface area contributed by atoms with Gasteiger partial charge in [0.1, 0.15) is 0 Å². The van der Waals surface area contributed by atoms with Gasteiger partial charge in [-0.3, -0.25) is 5.32 Å². The molecule has 2 aromatic carbocycles. The highest BCUT2D eigenvalue weighted by molar-refractivity contribution is 5.89. The summed E-state index contributed by atoms with van der Waals surface area (Å²) >= 11 is 0. The van der Waals surface area contributed by atoms with E-state index in [1.165, 1.54) is 22.3 Å². The fourth-order valence-corrected chi connectivity index (χ4v) is 3.24. The van der Waals surface area contributed by atoms with Gasteiger partial charge in [-0.2, -0.15) is 0 Å². The van der Waals surface area contributed by atoms with Crippen LogP contribution < -0.4 is 16.4 Å². The predicted molar refractivity (Wildman–Crippen MR) is 104 cm³/mol. The van der Waals surface area contributed by atoms with E-state index in [9.17, 15) is 4.79 Å². The number of benzene rings is 2. The summed E-state index contributed by atoms with van der Waals surface area (Å²) in [7, 11) is 0. The van der Waals surface area contributed by atoms with Crippen molar-refractivity contribution in [1.82, 2.24) is 0 Å². The highest BCUT2D eigenvalue weighted by atomic mass is 16.5. The number of carbonyl (C=O) groups excluding carboxylic acids is 1. The van der Waals surface area contributed by atoms with Crippen LogP contribution in [0.4, 0.5) is 21.9 Å². The van der Waals surface area contributed by atoms with Crippen molar-refractivity contribution in [2.45, 2.75) is 40.7 Å². The van der Waals surface area contributed by atoms with Gasteiger partial charge in [0, 0.05) is 11.7 Å². The monoisotopic (exact) mass is 341 g/mol. The van der Waals surface area contributed by atoms with Gasteiger partial charge in [0.15, 0.2) is 0 Å². The second-order valence-corrected chi connectivity index (χ2v) is 6.33. The lowest BCUT2D eigenvalue weighted by atomic mass is 9.94. The molecule has 0 spiro atoms. The first-order valence-corrected chi connectivity index (χ1v) is 8.49. The van der Waals surface area contributed by atoms with Crippen molar-refractivity contribution < 1.29 is 9.53 Å². The SMILES string of the molecule is CCOC(=O)Nc1ccc(NC(C)c2c(C)cc(C)cc2C)cc1N. The molecule has 0 saturated heterocycles. The van der Waals surface area contributed by atoms with Crippen LogP contribution in [0, 0.1) is 20.8 Å². The van der Waals surface area contributed by atoms with Crippen molar-refractivity contribution in [3.8, 4) is 0 Å². The third kappa shape index (κ3) is 4.66. The highest BCUT2D eigenvalue weighted by Gasteiger charge is 2.13. The van der Waals surface area contributed by atoms with Crippen molar-refractivity contribution in [2.75, 3.05) is 23.0 Å². The number of anilines is 3. The van der Waals surface area contributed by atoms with Crippen LogP contribution in [0.1, 0.15) is 42.1 Å². The van der Waals surface area contributed by atoms with Crippen molar-refractivity contribution in [1.29, 1.82) is 0 Å². The summed E-state index contributed by atoms with van der Waals surface area (Å²) in [5.74, 6) is 0. The molecule has 0 aliphatic carbocycles. The van der Waals surface area contributed by atoms with Gasteiger partial charge in [-0.25, -0.2) is 4.79 Å². The summed E-state index contributed by atoms with van der Waals surface area (Å²) in [5, 5.41) is 6.12. The fourth-order valence-electron chi connectivity index (χ4n) is 3.24. The Morgan fingerprint density at radius 2 is 1.80 bits per heavy atom. The molecule has 0 aliphatic rings. The molecule has 0 aromatic heterocycles. The third-order valence-electron chi connectivity index (χ3n) is 4.12. The number of carbonyl (C=O) groups is 1. The molecule has 2 rings (SSSR count). The van der Waals surface area contributed by atoms with Gasteiger partial charge in [0.05, 0.1) is 18.0 Å². The lowest BCUT2D eigenvalue weighted by Gasteiger charge is -2.21. The van der Waals surface area contributed by atoms with E-state index in [1.54, 1.807) is 13.0 Å². The second kappa shape index (κ2) is 7.92. The van der Waals surface area contributed by atoms with Gasteiger partial charge in [0.25, 0.3) is 0 Å². The summed E-state index contributed by atoms with van der Waals surface area (Å²) in [6.07, 6.45) is -0.505. The maximum absolute atomic E-state index is 11.5. The average Bonchev–Trinajstić information content (AvgIpc) is 2.49. The zero-order valence-electron chi connectivity index (χ0n) is 15.6. The minimum Gasteiger partial charge on any atom is -0.450 e. The van der Waals surface area contributed by atoms with E-state index in [4.69, 9.17) is 10.5 Å². The van der Waals surface area contributed by atoms with Crippen LogP contribution in [0.5, 0.6) is 0 Å². The van der Waals surface area contributed by atoms with Gasteiger partial charge in [0.2, 0.25) is 0 Å². The zero-order chi connectivity index (χ0) is 18.6. The number of rotatable bonds is 5. The number of amides is 1. The molecule has 0 aliphatic heterocycles. The van der Waals surface area contributed by atoms with E-state index in [0.29, 0.717) is 18.0 Å². The van der Waals surface area contributed by atoms with Gasteiger partial charge >= 0.3 is 6.09 Å². The molecule has 134 valence electrons. The normalized spacial score (nSPS) is 11.7. The molecular weight excluding hydrogens is 314 g/mol. The number of hydrogen-bond donors (Lipinski definition) is 3. The third-order valence-corrected chi connectivity index (χ3v) is 4.12. The topological polar surface area (TPSA) is 76.4 Å². The lowest BCUT2D eigenvalue weighted by Crippen LogP contribution is -2.15. The molecule has 1 atom stereocenters. The lowest BCUT2D eigenvalue weighted by molar-refractivity contribution is 0.168. The smallest absolute Gasteiger partial charge is 0.411 e. The molecule has 25 heavy (non-hydrogen) atoms. The van der Waals surface area contributed by atoms with E-state index < -0.39 is 6.09 Å². The van der Waals surface area contributed by atoms with Crippen molar-refractivity contribution in [2.24, 2.45) is 0 Å². The molecule has 2 aromatic rings. The molecule has 5 nitrogen and oxygen atoms in total. The van der Waals surface area contributed by atoms with Crippen LogP contribution in [0.15, 0.2) is 30.3 Å². The van der Waals surface area contributed by atoms with Crippen molar-refractivity contribution in [3.05, 3.63) is 52.6 Å². The molecule has 1 unspecified atom stereocenters. The van der Waals surface area contributed by atoms with Crippen LogP contribution in [0.25, 0.3) is 0 Å². The number of nitrogens with two attached hydrogens (primary N) is 1. The van der Waals surface area contributed by atoms with Crippen LogP contribution >= 0.6 is 0 Å². The van der Waals surface area contributed by atoms with E-state index in [-0.39, 0.29) is 6.04 Å². The molecule has 0 heterocycles. The van der Waals surface area contributed by atoms with Gasteiger partial charge in [-0.05, 0) is 69.5 Å². The van der Waals surface area contributed by atoms with Gasteiger partial charge in [-0.15, -0.1) is 0 Å². The molecule has 0 saturated carbocycles. The summed E-state index contributed by atoms with van der Waals surface area (Å²) in [6.45, 7) is 10.6. The fraction of sp³-hybridized carbons (Fsp3) is 0.350. The number of aryl methyl sites for hydroxylation is 3. The Kier molecular flexibility index (Phi) is 5.91. The van der Waals surface area contributed by atoms with Crippen LogP contribution in [-0.4, -0.2) is 12.7 Å². The van der Waals surface area contributed by atoms with Gasteiger partial charge < -0.3 is 15.8 Å². The molecule has 5 heteroatoms. The molecular formula is C20H27N3O2. The molecule has 0 radical (unpaired) electrons. The minimum absolute atomic E-state index is 0.142. The second-order valence-electron chi connectivity index (χ2n) is 6.33. The Morgan fingerprint density at radius 1 is 1.16 bits per heavy atom. The Hall–Kier alpha value is -2.69. The van der Waals surface area contributed by atoms with Crippen LogP contribution in [0.2, 0.25) is 0 Å². The maximum atomic E-state index is 11.5. The summed E-state index contributed by atoms with van der Waals surface area (Å²) in [5.41, 5.74) is 13.1. The molecule has 0 bridgehead atoms. The Balaban J connectivity index is 2.15. The summed E-state index contributed by atoms with van der Waals surface area (Å²) < 4.78 is 4.87. The van der Waals surface area contributed by atoms with Gasteiger partial charge in [-0.1, -0.05) is 17.7 Å². The summed E-state index contributed by atoms with van der Waals surface area (Å²) in [4.78, 5) is 11.5. The van der Waals surface area contributed by atoms with Crippen LogP contribution in [0.3, 0.4) is 0 Å². The Bertz CT molecular complexity index is 749. The van der Waals surface area contributed by atoms with E-state index >= 15 is 0 Å². The number of hydrogen-bond acceptors (Lipinski definition) is 4. The van der Waals surface area contributed by atoms with E-state index in [0.717, 1.165) is 5.69 Å². The number of nitrogen functional groups attached to an aromatic ring is 1. The largest absolute Gasteiger partial charge is 0.450 e. The first-order valence-electron chi connectivity index (χ1n) is 8.49. The van der Waals surface area contributed by atoms with Crippen molar-refractivity contribution >= 4 is 23.2 Å².